The smallest absolute Gasteiger partial charge is 0.339 e. The monoisotopic (exact) mass is 319 g/mol. The molecule has 0 aliphatic carbocycles. The van der Waals surface area contributed by atoms with Crippen molar-refractivity contribution in [3.8, 4) is 0 Å². The molecule has 2 aromatic rings. The molecule has 1 N–H and O–H groups in total. The molecule has 0 aromatic heterocycles. The van der Waals surface area contributed by atoms with Gasteiger partial charge in [0, 0.05) is 0 Å². The molecule has 0 heterocycles. The van der Waals surface area contributed by atoms with Gasteiger partial charge in [-0.2, -0.15) is 0 Å². The van der Waals surface area contributed by atoms with Crippen LogP contribution in [-0.4, -0.2) is 21.5 Å². The van der Waals surface area contributed by atoms with Crippen LogP contribution in [0.3, 0.4) is 0 Å². The summed E-state index contributed by atoms with van der Waals surface area (Å²) in [6.45, 7) is 3.63. The lowest BCUT2D eigenvalue weighted by atomic mass is 10.1. The third-order valence-electron chi connectivity index (χ3n) is 3.30. The van der Waals surface area contributed by atoms with E-state index in [0.717, 1.165) is 11.1 Å². The SMILES string of the molecule is COC(=O)c1ccccc1S(=O)(=O)Nc1c(C)cccc1C. The number of hydrogen-bond donors (Lipinski definition) is 1. The summed E-state index contributed by atoms with van der Waals surface area (Å²) < 4.78 is 32.5. The van der Waals surface area contributed by atoms with Gasteiger partial charge in [-0.1, -0.05) is 30.3 Å². The minimum absolute atomic E-state index is 0.00346. The predicted molar refractivity (Wildman–Crippen MR) is 84.5 cm³/mol. The molecule has 2 rings (SSSR count). The molecule has 22 heavy (non-hydrogen) atoms. The number of rotatable bonds is 4. The molecule has 0 saturated carbocycles. The molecule has 0 aliphatic rings. The maximum Gasteiger partial charge on any atom is 0.339 e. The minimum Gasteiger partial charge on any atom is -0.465 e. The molecule has 116 valence electrons. The molecule has 0 unspecified atom stereocenters. The van der Waals surface area contributed by atoms with Crippen molar-refractivity contribution in [3.63, 3.8) is 0 Å². The first kappa shape index (κ1) is 16.0. The number of nitrogens with one attached hydrogen (secondary N) is 1. The number of methoxy groups -OCH3 is 1. The molecule has 5 nitrogen and oxygen atoms in total. The summed E-state index contributed by atoms with van der Waals surface area (Å²) in [5.74, 6) is -0.692. The topological polar surface area (TPSA) is 72.5 Å². The molecule has 0 atom stereocenters. The molecule has 0 fully saturated rings. The molecule has 0 bridgehead atoms. The van der Waals surface area contributed by atoms with Gasteiger partial charge in [-0.3, -0.25) is 4.72 Å². The first-order valence-electron chi connectivity index (χ1n) is 6.63. The van der Waals surface area contributed by atoms with Crippen molar-refractivity contribution in [3.05, 3.63) is 59.2 Å². The van der Waals surface area contributed by atoms with E-state index in [-0.39, 0.29) is 10.5 Å². The zero-order valence-electron chi connectivity index (χ0n) is 12.6. The van der Waals surface area contributed by atoms with Crippen molar-refractivity contribution in [1.29, 1.82) is 0 Å². The molecule has 0 radical (unpaired) electrons. The lowest BCUT2D eigenvalue weighted by molar-refractivity contribution is 0.0596. The highest BCUT2D eigenvalue weighted by Gasteiger charge is 2.23. The fourth-order valence-electron chi connectivity index (χ4n) is 2.14. The second-order valence-electron chi connectivity index (χ2n) is 4.86. The summed E-state index contributed by atoms with van der Waals surface area (Å²) in [5.41, 5.74) is 2.13. The minimum atomic E-state index is -3.89. The van der Waals surface area contributed by atoms with Gasteiger partial charge >= 0.3 is 5.97 Å². The number of hydrogen-bond acceptors (Lipinski definition) is 4. The van der Waals surface area contributed by atoms with Gasteiger partial charge in [0.25, 0.3) is 10.0 Å². The largest absolute Gasteiger partial charge is 0.465 e. The van der Waals surface area contributed by atoms with Crippen molar-refractivity contribution in [2.45, 2.75) is 18.7 Å². The third-order valence-corrected chi connectivity index (χ3v) is 4.71. The zero-order chi connectivity index (χ0) is 16.3. The quantitative estimate of drug-likeness (QED) is 0.880. The predicted octanol–water partition coefficient (Wildman–Crippen LogP) is 2.89. The number of benzene rings is 2. The van der Waals surface area contributed by atoms with Gasteiger partial charge in [-0.05, 0) is 37.1 Å². The number of carbonyl (C=O) groups excluding carboxylic acids is 1. The average molecular weight is 319 g/mol. The van der Waals surface area contributed by atoms with Crippen LogP contribution in [0.25, 0.3) is 0 Å². The summed E-state index contributed by atoms with van der Waals surface area (Å²) in [5, 5.41) is 0. The van der Waals surface area contributed by atoms with E-state index < -0.39 is 16.0 Å². The lowest BCUT2D eigenvalue weighted by Crippen LogP contribution is -2.18. The van der Waals surface area contributed by atoms with Gasteiger partial charge < -0.3 is 4.74 Å². The second-order valence-corrected chi connectivity index (χ2v) is 6.51. The number of para-hydroxylation sites is 1. The van der Waals surface area contributed by atoms with Crippen LogP contribution >= 0.6 is 0 Å². The Labute approximate surface area is 130 Å². The van der Waals surface area contributed by atoms with E-state index >= 15 is 0 Å². The van der Waals surface area contributed by atoms with Gasteiger partial charge in [-0.25, -0.2) is 13.2 Å². The Hall–Kier alpha value is -2.34. The van der Waals surface area contributed by atoms with Crippen molar-refractivity contribution in [2.75, 3.05) is 11.8 Å². The molecule has 2 aromatic carbocycles. The van der Waals surface area contributed by atoms with Gasteiger partial charge in [0.15, 0.2) is 0 Å². The molecule has 0 aliphatic heterocycles. The van der Waals surface area contributed by atoms with Crippen molar-refractivity contribution >= 4 is 21.7 Å². The van der Waals surface area contributed by atoms with Crippen LogP contribution in [0.15, 0.2) is 47.4 Å². The number of anilines is 1. The number of ether oxygens (including phenoxy) is 1. The number of esters is 1. The normalized spacial score (nSPS) is 11.0. The maximum atomic E-state index is 12.6. The van der Waals surface area contributed by atoms with Crippen molar-refractivity contribution in [2.24, 2.45) is 0 Å². The Morgan fingerprint density at radius 1 is 1.00 bits per heavy atom. The number of aryl methyl sites for hydroxylation is 2. The van der Waals surface area contributed by atoms with E-state index in [4.69, 9.17) is 0 Å². The van der Waals surface area contributed by atoms with Crippen LogP contribution in [-0.2, 0) is 14.8 Å². The number of sulfonamides is 1. The zero-order valence-corrected chi connectivity index (χ0v) is 13.4. The first-order valence-corrected chi connectivity index (χ1v) is 8.11. The highest BCUT2D eigenvalue weighted by atomic mass is 32.2. The van der Waals surface area contributed by atoms with Crippen LogP contribution in [0, 0.1) is 13.8 Å². The molecular formula is C16H17NO4S. The highest BCUT2D eigenvalue weighted by Crippen LogP contribution is 2.25. The summed E-state index contributed by atoms with van der Waals surface area (Å²) in [7, 11) is -2.68. The standard InChI is InChI=1S/C16H17NO4S/c1-11-7-6-8-12(2)15(11)17-22(19,20)14-10-5-4-9-13(14)16(18)21-3/h4-10,17H,1-3H3. The Bertz CT molecular complexity index is 792. The van der Waals surface area contributed by atoms with Crippen LogP contribution in [0.1, 0.15) is 21.5 Å². The molecule has 0 amide bonds. The van der Waals surface area contributed by atoms with Crippen molar-refractivity contribution in [1.82, 2.24) is 0 Å². The van der Waals surface area contributed by atoms with E-state index in [2.05, 4.69) is 9.46 Å². The van der Waals surface area contributed by atoms with Crippen LogP contribution < -0.4 is 4.72 Å². The van der Waals surface area contributed by atoms with E-state index in [0.29, 0.717) is 5.69 Å². The summed E-state index contributed by atoms with van der Waals surface area (Å²) in [6.07, 6.45) is 0. The van der Waals surface area contributed by atoms with E-state index in [9.17, 15) is 13.2 Å². The van der Waals surface area contributed by atoms with Gasteiger partial charge in [0.1, 0.15) is 4.90 Å². The molecule has 0 saturated heterocycles. The molecule has 0 spiro atoms. The van der Waals surface area contributed by atoms with Gasteiger partial charge in [-0.15, -0.1) is 0 Å². The number of carbonyl (C=O) groups is 1. The fraction of sp³-hybridized carbons (Fsp3) is 0.188. The third kappa shape index (κ3) is 3.12. The van der Waals surface area contributed by atoms with E-state index in [1.54, 1.807) is 12.1 Å². The van der Waals surface area contributed by atoms with E-state index in [1.165, 1.54) is 19.2 Å². The van der Waals surface area contributed by atoms with Gasteiger partial charge in [0.2, 0.25) is 0 Å². The summed E-state index contributed by atoms with van der Waals surface area (Å²) in [6, 6.07) is 11.4. The highest BCUT2D eigenvalue weighted by molar-refractivity contribution is 7.92. The van der Waals surface area contributed by atoms with Gasteiger partial charge in [0.05, 0.1) is 18.4 Å². The van der Waals surface area contributed by atoms with Crippen LogP contribution in [0.4, 0.5) is 5.69 Å². The average Bonchev–Trinajstić information content (AvgIpc) is 2.50. The second kappa shape index (κ2) is 6.19. The Morgan fingerprint density at radius 2 is 1.59 bits per heavy atom. The summed E-state index contributed by atoms with van der Waals surface area (Å²) in [4.78, 5) is 11.6. The first-order chi connectivity index (χ1) is 10.4. The fourth-order valence-corrected chi connectivity index (χ4v) is 3.54. The Balaban J connectivity index is 2.51. The lowest BCUT2D eigenvalue weighted by Gasteiger charge is -2.14. The van der Waals surface area contributed by atoms with E-state index in [1.807, 2.05) is 32.0 Å². The molecular weight excluding hydrogens is 302 g/mol. The maximum absolute atomic E-state index is 12.6. The Kier molecular flexibility index (Phi) is 4.51. The van der Waals surface area contributed by atoms with Crippen molar-refractivity contribution < 1.29 is 17.9 Å². The Morgan fingerprint density at radius 3 is 2.18 bits per heavy atom. The van der Waals surface area contributed by atoms with Crippen LogP contribution in [0.2, 0.25) is 0 Å². The summed E-state index contributed by atoms with van der Waals surface area (Å²) >= 11 is 0. The van der Waals surface area contributed by atoms with Crippen LogP contribution in [0.5, 0.6) is 0 Å². The molecule has 6 heteroatoms.